The van der Waals surface area contributed by atoms with Crippen molar-refractivity contribution in [2.75, 3.05) is 4.90 Å². The number of nitrogens with zero attached hydrogens (tertiary/aromatic N) is 1. The van der Waals surface area contributed by atoms with Crippen LogP contribution in [-0.4, -0.2) is 0 Å². The van der Waals surface area contributed by atoms with Crippen LogP contribution in [0.2, 0.25) is 0 Å². The van der Waals surface area contributed by atoms with Gasteiger partial charge < -0.3 is 13.7 Å². The lowest BCUT2D eigenvalue weighted by Gasteiger charge is -2.29. The molecule has 276 valence electrons. The van der Waals surface area contributed by atoms with Gasteiger partial charge in [-0.25, -0.2) is 0 Å². The van der Waals surface area contributed by atoms with Gasteiger partial charge in [-0.05, 0) is 116 Å². The zero-order chi connectivity index (χ0) is 38.9. The van der Waals surface area contributed by atoms with Crippen LogP contribution in [0.3, 0.4) is 0 Å². The van der Waals surface area contributed by atoms with Crippen LogP contribution in [0.1, 0.15) is 0 Å². The normalized spacial score (nSPS) is 11.7. The smallest absolute Gasteiger partial charge is 0.135 e. The summed E-state index contributed by atoms with van der Waals surface area (Å²) in [7, 11) is 0. The monoisotopic (exact) mass is 753 g/mol. The predicted molar refractivity (Wildman–Crippen MR) is 247 cm³/mol. The number of hydrogen-bond acceptors (Lipinski definition) is 3. The van der Waals surface area contributed by atoms with Gasteiger partial charge in [0.25, 0.3) is 0 Å². The van der Waals surface area contributed by atoms with Crippen molar-refractivity contribution < 1.29 is 8.83 Å². The lowest BCUT2D eigenvalue weighted by molar-refractivity contribution is 0.668. The molecular formula is C56H35NO2. The van der Waals surface area contributed by atoms with Gasteiger partial charge in [0.05, 0.1) is 5.69 Å². The number of fused-ring (bicyclic) bond motifs is 9. The Labute approximate surface area is 340 Å². The zero-order valence-electron chi connectivity index (χ0n) is 32.0. The van der Waals surface area contributed by atoms with Gasteiger partial charge >= 0.3 is 0 Å². The number of para-hydroxylation sites is 2. The second-order valence-electron chi connectivity index (χ2n) is 15.3. The quantitative estimate of drug-likeness (QED) is 0.158. The first-order valence-corrected chi connectivity index (χ1v) is 20.1. The fraction of sp³-hybridized carbons (Fsp3) is 0. The highest BCUT2D eigenvalue weighted by molar-refractivity contribution is 6.14. The largest absolute Gasteiger partial charge is 0.456 e. The molecule has 12 rings (SSSR count). The number of hydrogen-bond donors (Lipinski definition) is 0. The van der Waals surface area contributed by atoms with Crippen molar-refractivity contribution in [1.82, 2.24) is 0 Å². The number of anilines is 3. The van der Waals surface area contributed by atoms with Crippen LogP contribution in [0, 0.1) is 0 Å². The molecule has 0 amide bonds. The van der Waals surface area contributed by atoms with Crippen LogP contribution >= 0.6 is 0 Å². The van der Waals surface area contributed by atoms with Crippen LogP contribution in [-0.2, 0) is 0 Å². The Morgan fingerprint density at radius 2 is 0.831 bits per heavy atom. The van der Waals surface area contributed by atoms with Gasteiger partial charge in [0.1, 0.15) is 22.3 Å². The first-order chi connectivity index (χ1) is 29.2. The predicted octanol–water partition coefficient (Wildman–Crippen LogP) is 16.3. The Bertz CT molecular complexity index is 3580. The summed E-state index contributed by atoms with van der Waals surface area (Å²) in [5, 5.41) is 9.36. The second-order valence-corrected chi connectivity index (χ2v) is 15.3. The second kappa shape index (κ2) is 13.4. The van der Waals surface area contributed by atoms with E-state index in [-0.39, 0.29) is 0 Å². The lowest BCUT2D eigenvalue weighted by atomic mass is 9.91. The van der Waals surface area contributed by atoms with Crippen LogP contribution in [0.15, 0.2) is 221 Å². The molecule has 0 aliphatic carbocycles. The average Bonchev–Trinajstić information content (AvgIpc) is 3.87. The van der Waals surface area contributed by atoms with Gasteiger partial charge in [0.2, 0.25) is 0 Å². The molecule has 0 bridgehead atoms. The molecule has 0 N–H and O–H groups in total. The molecule has 0 saturated carbocycles. The zero-order valence-corrected chi connectivity index (χ0v) is 32.0. The molecule has 3 heteroatoms. The van der Waals surface area contributed by atoms with Gasteiger partial charge in [-0.3, -0.25) is 0 Å². The van der Waals surface area contributed by atoms with E-state index in [4.69, 9.17) is 8.83 Å². The van der Waals surface area contributed by atoms with Crippen molar-refractivity contribution in [3.63, 3.8) is 0 Å². The summed E-state index contributed by atoms with van der Waals surface area (Å²) in [6.45, 7) is 0. The average molecular weight is 754 g/mol. The molecule has 0 aliphatic heterocycles. The lowest BCUT2D eigenvalue weighted by Crippen LogP contribution is -2.11. The maximum Gasteiger partial charge on any atom is 0.135 e. The summed E-state index contributed by atoms with van der Waals surface area (Å²) in [6, 6.07) is 76.1. The molecule has 0 unspecified atom stereocenters. The van der Waals surface area contributed by atoms with E-state index in [2.05, 4.69) is 193 Å². The minimum atomic E-state index is 0.865. The van der Waals surface area contributed by atoms with Gasteiger partial charge in [-0.2, -0.15) is 0 Å². The summed E-state index contributed by atoms with van der Waals surface area (Å²) in [4.78, 5) is 2.42. The van der Waals surface area contributed by atoms with E-state index in [1.165, 1.54) is 27.1 Å². The van der Waals surface area contributed by atoms with E-state index < -0.39 is 0 Å². The first kappa shape index (κ1) is 33.3. The van der Waals surface area contributed by atoms with E-state index in [1.54, 1.807) is 0 Å². The van der Waals surface area contributed by atoms with Gasteiger partial charge in [-0.15, -0.1) is 0 Å². The molecule has 59 heavy (non-hydrogen) atoms. The molecule has 0 spiro atoms. The molecule has 10 aromatic carbocycles. The van der Waals surface area contributed by atoms with Crippen LogP contribution in [0.25, 0.3) is 98.8 Å². The third kappa shape index (κ3) is 5.51. The third-order valence-electron chi connectivity index (χ3n) is 11.8. The van der Waals surface area contributed by atoms with E-state index in [0.29, 0.717) is 0 Å². The fourth-order valence-corrected chi connectivity index (χ4v) is 9.05. The highest BCUT2D eigenvalue weighted by Crippen LogP contribution is 2.46. The van der Waals surface area contributed by atoms with Crippen molar-refractivity contribution >= 4 is 82.5 Å². The van der Waals surface area contributed by atoms with Crippen LogP contribution < -0.4 is 4.90 Å². The van der Waals surface area contributed by atoms with E-state index in [0.717, 1.165) is 88.8 Å². The van der Waals surface area contributed by atoms with Crippen LogP contribution in [0.5, 0.6) is 0 Å². The minimum Gasteiger partial charge on any atom is -0.456 e. The molecule has 2 aromatic heterocycles. The summed E-state index contributed by atoms with van der Waals surface area (Å²) in [5.74, 6) is 0. The molecule has 0 aliphatic rings. The third-order valence-corrected chi connectivity index (χ3v) is 11.8. The Balaban J connectivity index is 1.12. The first-order valence-electron chi connectivity index (χ1n) is 20.1. The Kier molecular flexibility index (Phi) is 7.54. The highest BCUT2D eigenvalue weighted by Gasteiger charge is 2.22. The molecule has 0 fully saturated rings. The molecule has 12 aromatic rings. The van der Waals surface area contributed by atoms with E-state index in [9.17, 15) is 0 Å². The fourth-order valence-electron chi connectivity index (χ4n) is 9.05. The summed E-state index contributed by atoms with van der Waals surface area (Å²) >= 11 is 0. The molecule has 0 radical (unpaired) electrons. The molecule has 0 saturated heterocycles. The highest BCUT2D eigenvalue weighted by atomic mass is 16.3. The summed E-state index contributed by atoms with van der Waals surface area (Å²) in [6.07, 6.45) is 0. The topological polar surface area (TPSA) is 29.5 Å². The summed E-state index contributed by atoms with van der Waals surface area (Å²) < 4.78 is 12.6. The van der Waals surface area contributed by atoms with Crippen molar-refractivity contribution in [2.24, 2.45) is 0 Å². The Morgan fingerprint density at radius 1 is 0.271 bits per heavy atom. The molecule has 3 nitrogen and oxygen atoms in total. The maximum atomic E-state index is 6.35. The van der Waals surface area contributed by atoms with E-state index in [1.807, 2.05) is 24.3 Å². The molecule has 2 heterocycles. The van der Waals surface area contributed by atoms with Crippen molar-refractivity contribution in [2.45, 2.75) is 0 Å². The van der Waals surface area contributed by atoms with Crippen molar-refractivity contribution in [3.05, 3.63) is 212 Å². The van der Waals surface area contributed by atoms with Crippen molar-refractivity contribution in [1.29, 1.82) is 0 Å². The SMILES string of the molecule is c1ccc(-c2ccc(-c3cc4ccccc4c4ccccc34)cc2N(c2cccc(-c3ccc4oc5ccccc5c4c3)c2)c2ccc3oc4ccccc4c3c2)cc1. The molecular weight excluding hydrogens is 719 g/mol. The van der Waals surface area contributed by atoms with Crippen LogP contribution in [0.4, 0.5) is 17.1 Å². The Morgan fingerprint density at radius 3 is 1.61 bits per heavy atom. The summed E-state index contributed by atoms with van der Waals surface area (Å²) in [5.41, 5.74) is 13.6. The number of furan rings is 2. The van der Waals surface area contributed by atoms with E-state index >= 15 is 0 Å². The number of rotatable bonds is 6. The van der Waals surface area contributed by atoms with Gasteiger partial charge in [0, 0.05) is 38.5 Å². The number of benzene rings is 10. The minimum absolute atomic E-state index is 0.865. The van der Waals surface area contributed by atoms with Gasteiger partial charge in [0.15, 0.2) is 0 Å². The Hall–Kier alpha value is -7.88. The standard InChI is InChI=1S/C56H35NO2/c1-2-13-36(14-3-1)44-28-25-40(49-33-39-15-4-5-18-43(39)45-19-6-7-20-46(45)49)34-52(44)57(42-27-30-56-51(35-42)48-22-9-11-24-54(48)59-56)41-17-12-16-37(31-41)38-26-29-55-50(32-38)47-21-8-10-23-53(47)58-55/h1-35H. The maximum absolute atomic E-state index is 6.35. The van der Waals surface area contributed by atoms with Crippen molar-refractivity contribution in [3.8, 4) is 33.4 Å². The van der Waals surface area contributed by atoms with Gasteiger partial charge in [-0.1, -0.05) is 146 Å². The molecule has 0 atom stereocenters.